The SMILES string of the molecule is C(#CC(c1ccc(OCCCCc2ccc3ccc4cccc5ccc2c3c45)cc1)(c1ccc(OCCCCc2ccc3ccc4cccc5ccc2c3c45)cc1)c1ccc(OCCCCc2ccc3ccc4cccc5ccc2c3c45)cc1)c1ccc(-c2cc(-c3ccccn3)nc(-c3ccccn3)c2)cc1. The number of ether oxygens (including phenoxy) is 3. The van der Waals surface area contributed by atoms with Crippen molar-refractivity contribution in [2.75, 3.05) is 19.8 Å². The summed E-state index contributed by atoms with van der Waals surface area (Å²) in [6, 6.07) is 112. The molecule has 108 heavy (non-hydrogen) atoms. The number of aryl methyl sites for hydroxylation is 3. The largest absolute Gasteiger partial charge is 0.494 e. The Morgan fingerprint density at radius 2 is 0.602 bits per heavy atom. The van der Waals surface area contributed by atoms with Gasteiger partial charge in [-0.2, -0.15) is 0 Å². The van der Waals surface area contributed by atoms with E-state index in [1.54, 1.807) is 12.4 Å². The summed E-state index contributed by atoms with van der Waals surface area (Å²) in [6.07, 6.45) is 12.3. The number of aromatic nitrogens is 3. The Morgan fingerprint density at radius 1 is 0.269 bits per heavy atom. The fourth-order valence-electron chi connectivity index (χ4n) is 16.9. The molecule has 3 aromatic heterocycles. The number of nitrogens with zero attached hydrogens (tertiary/aromatic N) is 3. The van der Waals surface area contributed by atoms with E-state index in [1.807, 2.05) is 36.4 Å². The second-order valence-electron chi connectivity index (χ2n) is 28.9. The number of unbranched alkanes of at least 4 members (excludes halogenated alkanes) is 3. The van der Waals surface area contributed by atoms with Gasteiger partial charge in [0.15, 0.2) is 0 Å². The first-order valence-corrected chi connectivity index (χ1v) is 38.1. The molecule has 19 rings (SSSR count). The Labute approximate surface area is 628 Å². The standard InChI is InChI=1S/C102H77N3O3/c1-6-61-103-92(23-1)94-66-82(67-95(105-94)93-24-2-7-62-104-93)69-27-25-68(26-28-69)59-60-102(83-44-50-86(51-45-83)106-63-8-3-14-70-29-32-79-38-35-73-17-11-20-76-41-56-89(70)99(79)96(73)76,84-46-52-87(53-47-84)107-64-9-4-15-71-30-33-80-39-36-74-18-12-21-77-42-57-90(71)100(80)97(74)77)85-48-54-88(55-49-85)108-65-10-5-16-72-31-34-81-40-37-75-19-13-22-78-43-58-91(72)101(81)98(75)78/h1-2,6-7,11-13,17-58,61-62,66-67H,3-5,8-10,14-16,63-65H2. The van der Waals surface area contributed by atoms with Gasteiger partial charge in [-0.3, -0.25) is 9.97 Å². The first-order chi connectivity index (χ1) is 53.5. The van der Waals surface area contributed by atoms with Crippen LogP contribution in [0.25, 0.3) is 131 Å². The molecule has 0 saturated carbocycles. The molecule has 0 aliphatic heterocycles. The zero-order valence-corrected chi connectivity index (χ0v) is 60.2. The zero-order valence-electron chi connectivity index (χ0n) is 60.2. The molecule has 3 heterocycles. The van der Waals surface area contributed by atoms with Gasteiger partial charge in [0.2, 0.25) is 0 Å². The highest BCUT2D eigenvalue weighted by Gasteiger charge is 2.36. The van der Waals surface area contributed by atoms with Gasteiger partial charge < -0.3 is 14.2 Å². The van der Waals surface area contributed by atoms with Crippen molar-refractivity contribution in [3.63, 3.8) is 0 Å². The number of hydrogen-bond donors (Lipinski definition) is 0. The average Bonchev–Trinajstić information content (AvgIpc) is 0.761. The third kappa shape index (κ3) is 12.6. The summed E-state index contributed by atoms with van der Waals surface area (Å²) in [6.45, 7) is 1.80. The van der Waals surface area contributed by atoms with E-state index >= 15 is 0 Å². The van der Waals surface area contributed by atoms with Crippen molar-refractivity contribution in [3.05, 3.63) is 361 Å². The van der Waals surface area contributed by atoms with Crippen molar-refractivity contribution in [1.82, 2.24) is 15.0 Å². The third-order valence-electron chi connectivity index (χ3n) is 22.3. The lowest BCUT2D eigenvalue weighted by Gasteiger charge is -2.31. The second-order valence-corrected chi connectivity index (χ2v) is 28.9. The first kappa shape index (κ1) is 65.8. The molecule has 0 bridgehead atoms. The lowest BCUT2D eigenvalue weighted by Crippen LogP contribution is -2.28. The van der Waals surface area contributed by atoms with E-state index in [4.69, 9.17) is 19.2 Å². The van der Waals surface area contributed by atoms with Crippen molar-refractivity contribution >= 4 is 97.0 Å². The minimum atomic E-state index is -0.976. The third-order valence-corrected chi connectivity index (χ3v) is 22.3. The van der Waals surface area contributed by atoms with Crippen molar-refractivity contribution in [2.24, 2.45) is 0 Å². The number of hydrogen-bond acceptors (Lipinski definition) is 6. The van der Waals surface area contributed by atoms with E-state index in [0.717, 1.165) is 131 Å². The molecule has 16 aromatic carbocycles. The van der Waals surface area contributed by atoms with Gasteiger partial charge in [0.1, 0.15) is 22.7 Å². The molecule has 0 atom stereocenters. The molecular weight excluding hydrogens is 1320 g/mol. The van der Waals surface area contributed by atoms with Crippen LogP contribution in [-0.2, 0) is 24.7 Å². The Bertz CT molecular complexity index is 5920. The Kier molecular flexibility index (Phi) is 17.6. The van der Waals surface area contributed by atoms with Gasteiger partial charge in [-0.15, -0.1) is 0 Å². The van der Waals surface area contributed by atoms with Gasteiger partial charge in [0.25, 0.3) is 0 Å². The first-order valence-electron chi connectivity index (χ1n) is 38.1. The van der Waals surface area contributed by atoms with Crippen molar-refractivity contribution < 1.29 is 14.2 Å². The lowest BCUT2D eigenvalue weighted by atomic mass is 9.69. The van der Waals surface area contributed by atoms with Crippen molar-refractivity contribution in [1.29, 1.82) is 0 Å². The molecule has 0 N–H and O–H groups in total. The van der Waals surface area contributed by atoms with E-state index in [1.165, 1.54) is 114 Å². The maximum Gasteiger partial charge on any atom is 0.119 e. The molecule has 0 unspecified atom stereocenters. The molecule has 518 valence electrons. The van der Waals surface area contributed by atoms with Gasteiger partial charge in [-0.25, -0.2) is 4.98 Å². The molecule has 6 nitrogen and oxygen atoms in total. The molecule has 0 saturated heterocycles. The van der Waals surface area contributed by atoms with E-state index < -0.39 is 5.41 Å². The molecule has 6 heteroatoms. The zero-order chi connectivity index (χ0) is 71.7. The van der Waals surface area contributed by atoms with Crippen molar-refractivity contribution in [2.45, 2.75) is 63.2 Å². The maximum absolute atomic E-state index is 6.64. The molecule has 0 radical (unpaired) electrons. The molecule has 0 fully saturated rings. The summed E-state index contributed by atoms with van der Waals surface area (Å²) < 4.78 is 19.9. The summed E-state index contributed by atoms with van der Waals surface area (Å²) in [5.74, 6) is 10.2. The Hall–Kier alpha value is -13.0. The van der Waals surface area contributed by atoms with Crippen LogP contribution in [-0.4, -0.2) is 34.8 Å². The van der Waals surface area contributed by atoms with E-state index in [2.05, 4.69) is 295 Å². The second kappa shape index (κ2) is 28.8. The summed E-state index contributed by atoms with van der Waals surface area (Å²) in [7, 11) is 0. The summed E-state index contributed by atoms with van der Waals surface area (Å²) >= 11 is 0. The maximum atomic E-state index is 6.64. The Morgan fingerprint density at radius 3 is 0.944 bits per heavy atom. The summed E-state index contributed by atoms with van der Waals surface area (Å²) in [5.41, 5.74) is 12.2. The van der Waals surface area contributed by atoms with Gasteiger partial charge >= 0.3 is 0 Å². The fourth-order valence-corrected chi connectivity index (χ4v) is 16.9. The summed E-state index contributed by atoms with van der Waals surface area (Å²) in [4.78, 5) is 14.4. The van der Waals surface area contributed by atoms with Crippen molar-refractivity contribution in [3.8, 4) is 63.0 Å². The molecule has 0 aliphatic carbocycles. The van der Waals surface area contributed by atoms with Gasteiger partial charge in [0, 0.05) is 18.0 Å². The highest BCUT2D eigenvalue weighted by atomic mass is 16.5. The van der Waals surface area contributed by atoms with Crippen LogP contribution in [0.4, 0.5) is 0 Å². The lowest BCUT2D eigenvalue weighted by molar-refractivity contribution is 0.307. The van der Waals surface area contributed by atoms with Crippen LogP contribution < -0.4 is 14.2 Å². The Balaban J connectivity index is 0.618. The predicted octanol–water partition coefficient (Wildman–Crippen LogP) is 25.2. The quantitative estimate of drug-likeness (QED) is 0.0260. The summed E-state index contributed by atoms with van der Waals surface area (Å²) in [5, 5.41) is 23.9. The van der Waals surface area contributed by atoms with Crippen LogP contribution in [0.5, 0.6) is 17.2 Å². The van der Waals surface area contributed by atoms with Gasteiger partial charge in [0.05, 0.1) is 42.6 Å². The van der Waals surface area contributed by atoms with Crippen LogP contribution >= 0.6 is 0 Å². The highest BCUT2D eigenvalue weighted by Crippen LogP contribution is 2.44. The van der Waals surface area contributed by atoms with Gasteiger partial charge in [-0.05, 0) is 284 Å². The van der Waals surface area contributed by atoms with Crippen LogP contribution in [0.1, 0.15) is 77.5 Å². The fraction of sp³-hybridized carbons (Fsp3) is 0.127. The van der Waals surface area contributed by atoms with Crippen LogP contribution in [0.15, 0.2) is 322 Å². The predicted molar refractivity (Wildman–Crippen MR) is 448 cm³/mol. The number of rotatable bonds is 24. The van der Waals surface area contributed by atoms with Crippen LogP contribution in [0.3, 0.4) is 0 Å². The van der Waals surface area contributed by atoms with Crippen LogP contribution in [0.2, 0.25) is 0 Å². The molecule has 0 aliphatic rings. The highest BCUT2D eigenvalue weighted by molar-refractivity contribution is 6.26. The molecule has 19 aromatic rings. The van der Waals surface area contributed by atoms with E-state index in [0.29, 0.717) is 19.8 Å². The topological polar surface area (TPSA) is 66.4 Å². The number of pyridine rings is 3. The van der Waals surface area contributed by atoms with Crippen LogP contribution in [0, 0.1) is 11.8 Å². The van der Waals surface area contributed by atoms with E-state index in [-0.39, 0.29) is 0 Å². The number of benzene rings is 16. The average molecular weight is 1390 g/mol. The van der Waals surface area contributed by atoms with Gasteiger partial charge in [-0.1, -0.05) is 236 Å². The monoisotopic (exact) mass is 1390 g/mol. The smallest absolute Gasteiger partial charge is 0.119 e. The minimum absolute atomic E-state index is 0.601. The molecule has 0 amide bonds. The normalized spacial score (nSPS) is 11.9. The van der Waals surface area contributed by atoms with E-state index in [9.17, 15) is 0 Å². The molecular formula is C102H77N3O3. The molecule has 0 spiro atoms. The minimum Gasteiger partial charge on any atom is -0.494 e.